The van der Waals surface area contributed by atoms with Gasteiger partial charge in [-0.2, -0.15) is 0 Å². The van der Waals surface area contributed by atoms with Gasteiger partial charge in [0, 0.05) is 29.6 Å². The summed E-state index contributed by atoms with van der Waals surface area (Å²) in [5.74, 6) is 0.528. The average Bonchev–Trinajstić information content (AvgIpc) is 2.41. The fourth-order valence-electron chi connectivity index (χ4n) is 2.13. The summed E-state index contributed by atoms with van der Waals surface area (Å²) >= 11 is 9.54. The third-order valence-corrected chi connectivity index (χ3v) is 4.05. The molecule has 19 heavy (non-hydrogen) atoms. The quantitative estimate of drug-likeness (QED) is 0.698. The Labute approximate surface area is 128 Å². The maximum absolute atomic E-state index is 6.02. The predicted molar refractivity (Wildman–Crippen MR) is 87.0 cm³/mol. The molecule has 0 aromatic heterocycles. The van der Waals surface area contributed by atoms with Crippen molar-refractivity contribution >= 4 is 33.2 Å². The third kappa shape index (κ3) is 3.52. The Kier molecular flexibility index (Phi) is 4.89. The summed E-state index contributed by atoms with van der Waals surface area (Å²) < 4.78 is 1.08. The molecular weight excluding hydrogens is 322 g/mol. The van der Waals surface area contributed by atoms with Gasteiger partial charge in [0.25, 0.3) is 0 Å². The van der Waals surface area contributed by atoms with Crippen LogP contribution in [0.1, 0.15) is 16.7 Å². The lowest BCUT2D eigenvalue weighted by atomic mass is 10.1. The van der Waals surface area contributed by atoms with Gasteiger partial charge in [0.15, 0.2) is 0 Å². The molecule has 0 unspecified atom stereocenters. The molecule has 0 aliphatic rings. The maximum Gasteiger partial charge on any atom is 0.0494 e. The van der Waals surface area contributed by atoms with Crippen LogP contribution in [0.3, 0.4) is 0 Å². The molecule has 0 atom stereocenters. The highest BCUT2D eigenvalue weighted by molar-refractivity contribution is 9.10. The van der Waals surface area contributed by atoms with Crippen LogP contribution in [0.5, 0.6) is 0 Å². The zero-order chi connectivity index (χ0) is 13.8. The summed E-state index contributed by atoms with van der Waals surface area (Å²) in [5, 5.41) is 0. The van der Waals surface area contributed by atoms with Crippen LogP contribution < -0.4 is 4.90 Å². The molecule has 0 saturated carbocycles. The molecule has 0 aliphatic carbocycles. The average molecular weight is 339 g/mol. The third-order valence-electron chi connectivity index (χ3n) is 3.27. The molecule has 0 amide bonds. The van der Waals surface area contributed by atoms with Crippen molar-refractivity contribution in [2.45, 2.75) is 19.3 Å². The summed E-state index contributed by atoms with van der Waals surface area (Å²) in [6.07, 6.45) is 0. The molecule has 0 aliphatic heterocycles. The summed E-state index contributed by atoms with van der Waals surface area (Å²) in [6, 6.07) is 14.7. The molecule has 0 fully saturated rings. The number of hydrogen-bond donors (Lipinski definition) is 0. The van der Waals surface area contributed by atoms with Crippen LogP contribution in [0.25, 0.3) is 0 Å². The number of aryl methyl sites for hydroxylation is 1. The number of anilines is 1. The number of rotatable bonds is 4. The van der Waals surface area contributed by atoms with E-state index in [9.17, 15) is 0 Å². The molecule has 0 heterocycles. The highest BCUT2D eigenvalue weighted by atomic mass is 79.9. The Hall–Kier alpha value is -0.990. The minimum atomic E-state index is 0.528. The molecule has 0 N–H and O–H groups in total. The van der Waals surface area contributed by atoms with Crippen molar-refractivity contribution in [1.82, 2.24) is 0 Å². The number of nitrogens with zero attached hydrogens (tertiary/aromatic N) is 1. The van der Waals surface area contributed by atoms with Crippen molar-refractivity contribution in [1.29, 1.82) is 0 Å². The first-order valence-corrected chi connectivity index (χ1v) is 7.54. The molecule has 100 valence electrons. The van der Waals surface area contributed by atoms with E-state index >= 15 is 0 Å². The predicted octanol–water partition coefficient (Wildman–Crippen LogP) is 5.13. The van der Waals surface area contributed by atoms with Crippen LogP contribution in [0.2, 0.25) is 0 Å². The number of hydrogen-bond acceptors (Lipinski definition) is 1. The van der Waals surface area contributed by atoms with Gasteiger partial charge in [-0.05, 0) is 35.7 Å². The van der Waals surface area contributed by atoms with Crippen LogP contribution in [0, 0.1) is 6.92 Å². The molecule has 0 radical (unpaired) electrons. The molecular formula is C16H17BrClN. The zero-order valence-electron chi connectivity index (χ0n) is 11.2. The van der Waals surface area contributed by atoms with Crippen molar-refractivity contribution in [3.05, 3.63) is 63.6 Å². The second-order valence-corrected chi connectivity index (χ2v) is 5.87. The maximum atomic E-state index is 6.02. The van der Waals surface area contributed by atoms with E-state index in [1.165, 1.54) is 16.8 Å². The minimum absolute atomic E-state index is 0.528. The van der Waals surface area contributed by atoms with Crippen molar-refractivity contribution in [2.75, 3.05) is 11.9 Å². The fourth-order valence-corrected chi connectivity index (χ4v) is 2.71. The van der Waals surface area contributed by atoms with Crippen LogP contribution in [-0.4, -0.2) is 7.05 Å². The zero-order valence-corrected chi connectivity index (χ0v) is 13.5. The van der Waals surface area contributed by atoms with E-state index < -0.39 is 0 Å². The summed E-state index contributed by atoms with van der Waals surface area (Å²) in [5.41, 5.74) is 4.98. The Balaban J connectivity index is 2.27. The van der Waals surface area contributed by atoms with Crippen molar-refractivity contribution < 1.29 is 0 Å². The van der Waals surface area contributed by atoms with Crippen molar-refractivity contribution in [3.8, 4) is 0 Å². The Morgan fingerprint density at radius 1 is 1.11 bits per heavy atom. The summed E-state index contributed by atoms with van der Waals surface area (Å²) in [4.78, 5) is 2.24. The standard InChI is InChI=1S/C16H17BrClN/c1-12-5-3-4-6-14(12)11-19(2)16-9-15(17)8-7-13(16)10-18/h3-9H,10-11H2,1-2H3. The number of alkyl halides is 1. The van der Waals surface area contributed by atoms with E-state index in [-0.39, 0.29) is 0 Å². The molecule has 2 rings (SSSR count). The van der Waals surface area contributed by atoms with E-state index in [1.807, 2.05) is 6.07 Å². The van der Waals surface area contributed by atoms with Crippen LogP contribution >= 0.6 is 27.5 Å². The van der Waals surface area contributed by atoms with E-state index in [1.54, 1.807) is 0 Å². The first-order valence-electron chi connectivity index (χ1n) is 6.22. The largest absolute Gasteiger partial charge is 0.370 e. The van der Waals surface area contributed by atoms with Crippen molar-refractivity contribution in [2.24, 2.45) is 0 Å². The van der Waals surface area contributed by atoms with Gasteiger partial charge < -0.3 is 4.90 Å². The lowest BCUT2D eigenvalue weighted by Gasteiger charge is -2.23. The lowest BCUT2D eigenvalue weighted by molar-refractivity contribution is 0.907. The topological polar surface area (TPSA) is 3.24 Å². The minimum Gasteiger partial charge on any atom is -0.370 e. The van der Waals surface area contributed by atoms with Gasteiger partial charge in [-0.25, -0.2) is 0 Å². The molecule has 2 aromatic carbocycles. The van der Waals surface area contributed by atoms with E-state index in [2.05, 4.69) is 71.2 Å². The second kappa shape index (κ2) is 6.44. The first-order chi connectivity index (χ1) is 9.11. The van der Waals surface area contributed by atoms with E-state index in [0.29, 0.717) is 5.88 Å². The van der Waals surface area contributed by atoms with Crippen LogP contribution in [-0.2, 0) is 12.4 Å². The van der Waals surface area contributed by atoms with E-state index in [0.717, 1.165) is 16.6 Å². The van der Waals surface area contributed by atoms with Gasteiger partial charge in [0.2, 0.25) is 0 Å². The lowest BCUT2D eigenvalue weighted by Crippen LogP contribution is -2.18. The monoisotopic (exact) mass is 337 g/mol. The molecule has 0 spiro atoms. The van der Waals surface area contributed by atoms with Gasteiger partial charge in [-0.15, -0.1) is 11.6 Å². The second-order valence-electron chi connectivity index (χ2n) is 4.69. The molecule has 2 aromatic rings. The van der Waals surface area contributed by atoms with Gasteiger partial charge in [-0.1, -0.05) is 46.3 Å². The summed E-state index contributed by atoms with van der Waals surface area (Å²) in [7, 11) is 2.10. The highest BCUT2D eigenvalue weighted by Gasteiger charge is 2.09. The van der Waals surface area contributed by atoms with Crippen molar-refractivity contribution in [3.63, 3.8) is 0 Å². The number of halogens is 2. The van der Waals surface area contributed by atoms with Gasteiger partial charge in [0.1, 0.15) is 0 Å². The Morgan fingerprint density at radius 3 is 2.53 bits per heavy atom. The molecule has 3 heteroatoms. The smallest absolute Gasteiger partial charge is 0.0494 e. The van der Waals surface area contributed by atoms with Gasteiger partial charge in [0.05, 0.1) is 0 Å². The van der Waals surface area contributed by atoms with Crippen LogP contribution in [0.15, 0.2) is 46.9 Å². The van der Waals surface area contributed by atoms with Gasteiger partial charge in [-0.3, -0.25) is 0 Å². The van der Waals surface area contributed by atoms with Crippen LogP contribution in [0.4, 0.5) is 5.69 Å². The first kappa shape index (κ1) is 14.4. The highest BCUT2D eigenvalue weighted by Crippen LogP contribution is 2.27. The Morgan fingerprint density at radius 2 is 1.84 bits per heavy atom. The summed E-state index contributed by atoms with van der Waals surface area (Å²) in [6.45, 7) is 3.03. The molecule has 0 saturated heterocycles. The fraction of sp³-hybridized carbons (Fsp3) is 0.250. The molecule has 1 nitrogen and oxygen atoms in total. The normalized spacial score (nSPS) is 10.5. The number of benzene rings is 2. The molecule has 0 bridgehead atoms. The van der Waals surface area contributed by atoms with Gasteiger partial charge >= 0.3 is 0 Å². The Bertz CT molecular complexity index is 568. The van der Waals surface area contributed by atoms with E-state index in [4.69, 9.17) is 11.6 Å². The SMILES string of the molecule is Cc1ccccc1CN(C)c1cc(Br)ccc1CCl.